The lowest BCUT2D eigenvalue weighted by atomic mass is 9.92. The first kappa shape index (κ1) is 14.6. The number of carbonyl (C=O) groups is 2. The standard InChI is InChI=1S/C14H15FN2O2S/c1-14(2)6-11(18)17(13(14)19)7-9-5-8(12(16)20)3-4-10(9)15/h3-5H,6-7H2,1-2H3,(H2,16,20). The monoisotopic (exact) mass is 294 g/mol. The second kappa shape index (κ2) is 4.94. The summed E-state index contributed by atoms with van der Waals surface area (Å²) in [7, 11) is 0. The van der Waals surface area contributed by atoms with Gasteiger partial charge in [0, 0.05) is 17.5 Å². The molecule has 2 amide bonds. The molecule has 1 aliphatic rings. The van der Waals surface area contributed by atoms with E-state index in [1.54, 1.807) is 13.8 Å². The first-order valence-corrected chi connectivity index (χ1v) is 6.56. The van der Waals surface area contributed by atoms with Crippen LogP contribution < -0.4 is 5.73 Å². The Morgan fingerprint density at radius 1 is 1.45 bits per heavy atom. The van der Waals surface area contributed by atoms with Gasteiger partial charge in [0.1, 0.15) is 10.8 Å². The third-order valence-corrected chi connectivity index (χ3v) is 3.61. The van der Waals surface area contributed by atoms with Crippen LogP contribution >= 0.6 is 12.2 Å². The first-order chi connectivity index (χ1) is 9.22. The summed E-state index contributed by atoms with van der Waals surface area (Å²) in [6, 6.07) is 4.18. The maximum atomic E-state index is 13.8. The van der Waals surface area contributed by atoms with Crippen LogP contribution in [0.3, 0.4) is 0 Å². The minimum Gasteiger partial charge on any atom is -0.389 e. The van der Waals surface area contributed by atoms with Crippen LogP contribution in [0.4, 0.5) is 4.39 Å². The zero-order valence-electron chi connectivity index (χ0n) is 11.3. The number of rotatable bonds is 3. The molecule has 0 aromatic heterocycles. The van der Waals surface area contributed by atoms with Crippen molar-refractivity contribution in [3.63, 3.8) is 0 Å². The van der Waals surface area contributed by atoms with E-state index < -0.39 is 11.2 Å². The summed E-state index contributed by atoms with van der Waals surface area (Å²) in [4.78, 5) is 25.2. The van der Waals surface area contributed by atoms with Crippen LogP contribution in [0.25, 0.3) is 0 Å². The number of carbonyl (C=O) groups excluding carboxylic acids is 2. The summed E-state index contributed by atoms with van der Waals surface area (Å²) in [6.45, 7) is 3.31. The summed E-state index contributed by atoms with van der Waals surface area (Å²) >= 11 is 4.84. The minimum atomic E-state index is -0.728. The number of halogens is 1. The molecule has 1 aromatic rings. The highest BCUT2D eigenvalue weighted by Crippen LogP contribution is 2.32. The molecule has 1 aromatic carbocycles. The molecule has 1 saturated heterocycles. The number of hydrogen-bond donors (Lipinski definition) is 1. The summed E-state index contributed by atoms with van der Waals surface area (Å²) in [5.41, 5.74) is 5.51. The topological polar surface area (TPSA) is 63.4 Å². The van der Waals surface area contributed by atoms with Crippen LogP contribution in [0, 0.1) is 11.2 Å². The summed E-state index contributed by atoms with van der Waals surface area (Å²) in [6.07, 6.45) is 0.141. The van der Waals surface area contributed by atoms with Gasteiger partial charge in [-0.1, -0.05) is 26.1 Å². The third kappa shape index (κ3) is 2.56. The maximum absolute atomic E-state index is 13.8. The van der Waals surface area contributed by atoms with Crippen LogP contribution in [-0.2, 0) is 16.1 Å². The Bertz CT molecular complexity index is 613. The molecule has 0 bridgehead atoms. The molecule has 106 valence electrons. The fraction of sp³-hybridized carbons (Fsp3) is 0.357. The van der Waals surface area contributed by atoms with Crippen LogP contribution in [0.1, 0.15) is 31.4 Å². The largest absolute Gasteiger partial charge is 0.389 e. The summed E-state index contributed by atoms with van der Waals surface area (Å²) < 4.78 is 13.8. The quantitative estimate of drug-likeness (QED) is 0.681. The van der Waals surface area contributed by atoms with Crippen molar-refractivity contribution in [2.24, 2.45) is 11.1 Å². The van der Waals surface area contributed by atoms with Crippen LogP contribution in [-0.4, -0.2) is 21.7 Å². The van der Waals surface area contributed by atoms with Crippen molar-refractivity contribution in [2.75, 3.05) is 0 Å². The summed E-state index contributed by atoms with van der Waals surface area (Å²) in [5.74, 6) is -1.07. The van der Waals surface area contributed by atoms with Crippen molar-refractivity contribution < 1.29 is 14.0 Å². The molecule has 2 N–H and O–H groups in total. The smallest absolute Gasteiger partial charge is 0.235 e. The number of imide groups is 1. The van der Waals surface area contributed by atoms with E-state index in [2.05, 4.69) is 0 Å². The average molecular weight is 294 g/mol. The number of likely N-dealkylation sites (tertiary alicyclic amines) is 1. The molecule has 1 fully saturated rings. The predicted molar refractivity (Wildman–Crippen MR) is 76.2 cm³/mol. The number of benzene rings is 1. The third-order valence-electron chi connectivity index (χ3n) is 3.38. The second-order valence-corrected chi connectivity index (χ2v) is 5.96. The summed E-state index contributed by atoms with van der Waals surface area (Å²) in [5, 5.41) is 0. The molecule has 0 unspecified atom stereocenters. The van der Waals surface area contributed by atoms with Gasteiger partial charge in [-0.2, -0.15) is 0 Å². The van der Waals surface area contributed by atoms with E-state index >= 15 is 0 Å². The molecule has 4 nitrogen and oxygen atoms in total. The van der Waals surface area contributed by atoms with E-state index in [0.717, 1.165) is 4.90 Å². The Morgan fingerprint density at radius 2 is 2.10 bits per heavy atom. The molecule has 1 aliphatic heterocycles. The van der Waals surface area contributed by atoms with Crippen molar-refractivity contribution in [2.45, 2.75) is 26.8 Å². The van der Waals surface area contributed by atoms with E-state index in [9.17, 15) is 14.0 Å². The van der Waals surface area contributed by atoms with E-state index in [1.807, 2.05) is 0 Å². The van der Waals surface area contributed by atoms with Gasteiger partial charge in [-0.05, 0) is 18.2 Å². The number of hydrogen-bond acceptors (Lipinski definition) is 3. The minimum absolute atomic E-state index is 0.0939. The van der Waals surface area contributed by atoms with Gasteiger partial charge in [-0.15, -0.1) is 0 Å². The molecule has 6 heteroatoms. The number of nitrogens with two attached hydrogens (primary N) is 1. The molecule has 1 heterocycles. The van der Waals surface area contributed by atoms with Crippen LogP contribution in [0.5, 0.6) is 0 Å². The molecule has 0 saturated carbocycles. The van der Waals surface area contributed by atoms with Crippen LogP contribution in [0.2, 0.25) is 0 Å². The highest BCUT2D eigenvalue weighted by atomic mass is 32.1. The van der Waals surface area contributed by atoms with E-state index in [4.69, 9.17) is 18.0 Å². The molecule has 0 radical (unpaired) electrons. The normalized spacial score (nSPS) is 17.6. The molecule has 20 heavy (non-hydrogen) atoms. The van der Waals surface area contributed by atoms with E-state index in [-0.39, 0.29) is 35.3 Å². The zero-order valence-corrected chi connectivity index (χ0v) is 12.1. The Balaban J connectivity index is 2.31. The lowest BCUT2D eigenvalue weighted by Gasteiger charge is -2.18. The molecule has 0 atom stereocenters. The molecular formula is C14H15FN2O2S. The van der Waals surface area contributed by atoms with Crippen molar-refractivity contribution in [3.8, 4) is 0 Å². The van der Waals surface area contributed by atoms with E-state index in [0.29, 0.717) is 5.56 Å². The zero-order chi connectivity index (χ0) is 15.1. The molecular weight excluding hydrogens is 279 g/mol. The van der Waals surface area contributed by atoms with Gasteiger partial charge in [0.15, 0.2) is 0 Å². The van der Waals surface area contributed by atoms with E-state index in [1.165, 1.54) is 18.2 Å². The number of nitrogens with zero attached hydrogens (tertiary/aromatic N) is 1. The van der Waals surface area contributed by atoms with Crippen LogP contribution in [0.15, 0.2) is 18.2 Å². The maximum Gasteiger partial charge on any atom is 0.235 e. The number of thiocarbonyl (C=S) groups is 1. The van der Waals surface area contributed by atoms with Crippen molar-refractivity contribution in [1.29, 1.82) is 0 Å². The SMILES string of the molecule is CC1(C)CC(=O)N(Cc2cc(C(N)=S)ccc2F)C1=O. The van der Waals surface area contributed by atoms with Crippen molar-refractivity contribution in [1.82, 2.24) is 4.90 Å². The molecule has 2 rings (SSSR count). The van der Waals surface area contributed by atoms with Crippen molar-refractivity contribution >= 4 is 29.0 Å². The molecule has 0 spiro atoms. The van der Waals surface area contributed by atoms with Gasteiger partial charge >= 0.3 is 0 Å². The van der Waals surface area contributed by atoms with Gasteiger partial charge in [-0.25, -0.2) is 4.39 Å². The lowest BCUT2D eigenvalue weighted by Crippen LogP contribution is -2.33. The average Bonchev–Trinajstić information content (AvgIpc) is 2.53. The Hall–Kier alpha value is -1.82. The highest BCUT2D eigenvalue weighted by molar-refractivity contribution is 7.80. The van der Waals surface area contributed by atoms with Gasteiger partial charge in [-0.3, -0.25) is 14.5 Å². The molecule has 0 aliphatic carbocycles. The lowest BCUT2D eigenvalue weighted by molar-refractivity contribution is -0.141. The van der Waals surface area contributed by atoms with Crippen molar-refractivity contribution in [3.05, 3.63) is 35.1 Å². The predicted octanol–water partition coefficient (Wildman–Crippen LogP) is 1.75. The fourth-order valence-corrected chi connectivity index (χ4v) is 2.33. The second-order valence-electron chi connectivity index (χ2n) is 5.52. The highest BCUT2D eigenvalue weighted by Gasteiger charge is 2.44. The van der Waals surface area contributed by atoms with Gasteiger partial charge < -0.3 is 5.73 Å². The van der Waals surface area contributed by atoms with Gasteiger partial charge in [0.25, 0.3) is 0 Å². The fourth-order valence-electron chi connectivity index (χ4n) is 2.21. The number of amides is 2. The van der Waals surface area contributed by atoms with Gasteiger partial charge in [0.05, 0.1) is 12.0 Å². The Morgan fingerprint density at radius 3 is 2.60 bits per heavy atom. The Labute approximate surface area is 121 Å². The first-order valence-electron chi connectivity index (χ1n) is 6.15. The van der Waals surface area contributed by atoms with Gasteiger partial charge in [0.2, 0.25) is 11.8 Å². The Kier molecular flexibility index (Phi) is 3.60.